The van der Waals surface area contributed by atoms with E-state index in [2.05, 4.69) is 5.10 Å². The number of anilines is 1. The molecule has 1 N–H and O–H groups in total. The minimum atomic E-state index is -0.424. The molecule has 0 aliphatic heterocycles. The van der Waals surface area contributed by atoms with E-state index < -0.39 is 4.92 Å². The van der Waals surface area contributed by atoms with Gasteiger partial charge in [-0.25, -0.2) is 4.68 Å². The molecule has 0 aliphatic rings. The Bertz CT molecular complexity index is 625. The van der Waals surface area contributed by atoms with Crippen LogP contribution in [-0.2, 0) is 13.6 Å². The Morgan fingerprint density at radius 1 is 1.38 bits per heavy atom. The van der Waals surface area contributed by atoms with E-state index in [1.165, 1.54) is 4.68 Å². The largest absolute Gasteiger partial charge is 0.395 e. The van der Waals surface area contributed by atoms with Gasteiger partial charge >= 0.3 is 5.69 Å². The molecule has 7 nitrogen and oxygen atoms in total. The zero-order chi connectivity index (χ0) is 15.4. The predicted octanol–water partition coefficient (Wildman–Crippen LogP) is 1.64. The topological polar surface area (TPSA) is 84.4 Å². The molecule has 1 aromatic heterocycles. The molecule has 0 aliphatic carbocycles. The van der Waals surface area contributed by atoms with Gasteiger partial charge in [0.05, 0.1) is 11.5 Å². The molecule has 0 fully saturated rings. The molecule has 2 rings (SSSR count). The Hall–Kier alpha value is -2.41. The molecular formula is C14H18N4O3. The summed E-state index contributed by atoms with van der Waals surface area (Å²) in [6.07, 6.45) is 0. The van der Waals surface area contributed by atoms with E-state index in [0.717, 1.165) is 5.56 Å². The highest BCUT2D eigenvalue weighted by Crippen LogP contribution is 2.31. The molecule has 0 saturated heterocycles. The molecule has 0 saturated carbocycles. The second kappa shape index (κ2) is 6.36. The average Bonchev–Trinajstić information content (AvgIpc) is 2.74. The first-order valence-electron chi connectivity index (χ1n) is 6.62. The van der Waals surface area contributed by atoms with Crippen LogP contribution >= 0.6 is 0 Å². The van der Waals surface area contributed by atoms with Crippen LogP contribution in [-0.4, -0.2) is 33.0 Å². The molecule has 21 heavy (non-hydrogen) atoms. The van der Waals surface area contributed by atoms with Gasteiger partial charge in [-0.05, 0) is 12.5 Å². The highest BCUT2D eigenvalue weighted by atomic mass is 16.6. The van der Waals surface area contributed by atoms with Crippen molar-refractivity contribution in [1.29, 1.82) is 0 Å². The lowest BCUT2D eigenvalue weighted by Gasteiger charge is -2.23. The van der Waals surface area contributed by atoms with Crippen molar-refractivity contribution < 1.29 is 10.0 Å². The van der Waals surface area contributed by atoms with Crippen molar-refractivity contribution in [3.63, 3.8) is 0 Å². The molecule has 0 bridgehead atoms. The second-order valence-electron chi connectivity index (χ2n) is 4.77. The van der Waals surface area contributed by atoms with Crippen molar-refractivity contribution in [3.05, 3.63) is 51.7 Å². The van der Waals surface area contributed by atoms with Gasteiger partial charge in [-0.3, -0.25) is 10.1 Å². The third-order valence-corrected chi connectivity index (χ3v) is 3.23. The lowest BCUT2D eigenvalue weighted by Crippen LogP contribution is -2.28. The average molecular weight is 290 g/mol. The summed E-state index contributed by atoms with van der Waals surface area (Å²) in [5.74, 6) is 0.412. The molecule has 0 radical (unpaired) electrons. The number of aliphatic hydroxyl groups excluding tert-OH is 1. The quantitative estimate of drug-likeness (QED) is 0.645. The minimum absolute atomic E-state index is 0.0121. The summed E-state index contributed by atoms with van der Waals surface area (Å²) in [4.78, 5) is 12.6. The van der Waals surface area contributed by atoms with Gasteiger partial charge in [0.25, 0.3) is 0 Å². The van der Waals surface area contributed by atoms with Crippen molar-refractivity contribution in [2.24, 2.45) is 7.05 Å². The maximum absolute atomic E-state index is 11.3. The first-order chi connectivity index (χ1) is 10.0. The van der Waals surface area contributed by atoms with Gasteiger partial charge < -0.3 is 10.0 Å². The zero-order valence-corrected chi connectivity index (χ0v) is 12.1. The van der Waals surface area contributed by atoms with Gasteiger partial charge in [0.2, 0.25) is 5.82 Å². The van der Waals surface area contributed by atoms with Crippen LogP contribution in [0.4, 0.5) is 11.5 Å². The van der Waals surface area contributed by atoms with Gasteiger partial charge in [-0.15, -0.1) is 0 Å². The van der Waals surface area contributed by atoms with Crippen molar-refractivity contribution in [3.8, 4) is 0 Å². The fraction of sp³-hybridized carbons (Fsp3) is 0.357. The van der Waals surface area contributed by atoms with Crippen molar-refractivity contribution in [2.45, 2.75) is 13.5 Å². The van der Waals surface area contributed by atoms with Gasteiger partial charge in [0.15, 0.2) is 0 Å². The molecule has 1 aromatic carbocycles. The van der Waals surface area contributed by atoms with Crippen LogP contribution in [0, 0.1) is 17.0 Å². The summed E-state index contributed by atoms with van der Waals surface area (Å²) in [5.41, 5.74) is 1.37. The Morgan fingerprint density at radius 2 is 2.05 bits per heavy atom. The molecular weight excluding hydrogens is 272 g/mol. The number of hydrogen-bond acceptors (Lipinski definition) is 5. The van der Waals surface area contributed by atoms with Gasteiger partial charge in [0, 0.05) is 20.1 Å². The van der Waals surface area contributed by atoms with Crippen LogP contribution in [0.2, 0.25) is 0 Å². The van der Waals surface area contributed by atoms with E-state index in [4.69, 9.17) is 0 Å². The van der Waals surface area contributed by atoms with E-state index in [9.17, 15) is 15.2 Å². The maximum atomic E-state index is 11.3. The van der Waals surface area contributed by atoms with Crippen LogP contribution in [0.25, 0.3) is 0 Å². The maximum Gasteiger partial charge on any atom is 0.333 e. The van der Waals surface area contributed by atoms with Gasteiger partial charge in [-0.1, -0.05) is 30.3 Å². The molecule has 7 heteroatoms. The van der Waals surface area contributed by atoms with Crippen molar-refractivity contribution in [1.82, 2.24) is 9.78 Å². The Kier molecular flexibility index (Phi) is 4.54. The molecule has 0 unspecified atom stereocenters. The number of aliphatic hydroxyl groups is 1. The van der Waals surface area contributed by atoms with Crippen LogP contribution in [0.3, 0.4) is 0 Å². The van der Waals surface area contributed by atoms with Crippen molar-refractivity contribution >= 4 is 11.5 Å². The number of rotatable bonds is 6. The number of aromatic nitrogens is 2. The highest BCUT2D eigenvalue weighted by molar-refractivity contribution is 5.61. The number of benzene rings is 1. The number of hydrogen-bond donors (Lipinski definition) is 1. The molecule has 1 heterocycles. The first-order valence-corrected chi connectivity index (χ1v) is 6.62. The first kappa shape index (κ1) is 15.0. The number of aryl methyl sites for hydroxylation is 2. The number of nitrogens with zero attached hydrogens (tertiary/aromatic N) is 4. The Labute approximate surface area is 122 Å². The lowest BCUT2D eigenvalue weighted by molar-refractivity contribution is -0.384. The summed E-state index contributed by atoms with van der Waals surface area (Å²) < 4.78 is 1.49. The van der Waals surface area contributed by atoms with E-state index in [1.807, 2.05) is 30.3 Å². The van der Waals surface area contributed by atoms with Crippen LogP contribution < -0.4 is 4.90 Å². The molecule has 2 aromatic rings. The molecule has 0 spiro atoms. The zero-order valence-electron chi connectivity index (χ0n) is 12.1. The second-order valence-corrected chi connectivity index (χ2v) is 4.77. The molecule has 0 atom stereocenters. The van der Waals surface area contributed by atoms with Gasteiger partial charge in [0.1, 0.15) is 5.69 Å². The van der Waals surface area contributed by atoms with E-state index in [1.54, 1.807) is 18.9 Å². The smallest absolute Gasteiger partial charge is 0.333 e. The predicted molar refractivity (Wildman–Crippen MR) is 79.2 cm³/mol. The summed E-state index contributed by atoms with van der Waals surface area (Å²) >= 11 is 0. The van der Waals surface area contributed by atoms with Crippen LogP contribution in [0.5, 0.6) is 0 Å². The normalized spacial score (nSPS) is 10.6. The van der Waals surface area contributed by atoms with Crippen molar-refractivity contribution in [2.75, 3.05) is 18.1 Å². The van der Waals surface area contributed by atoms with Crippen LogP contribution in [0.15, 0.2) is 30.3 Å². The Balaban J connectivity index is 2.41. The summed E-state index contributed by atoms with van der Waals surface area (Å²) in [6.45, 7) is 2.30. The Morgan fingerprint density at radius 3 is 2.62 bits per heavy atom. The van der Waals surface area contributed by atoms with E-state index in [-0.39, 0.29) is 12.3 Å². The lowest BCUT2D eigenvalue weighted by atomic mass is 10.2. The summed E-state index contributed by atoms with van der Waals surface area (Å²) in [5, 5.41) is 24.7. The summed E-state index contributed by atoms with van der Waals surface area (Å²) in [6, 6.07) is 9.63. The third kappa shape index (κ3) is 3.19. The molecule has 112 valence electrons. The molecule has 0 amide bonds. The standard InChI is InChI=1S/C14H18N4O3/c1-11-13(18(20)21)14(16(2)15-11)17(8-9-19)10-12-6-4-3-5-7-12/h3-7,19H,8-10H2,1-2H3. The van der Waals surface area contributed by atoms with Crippen LogP contribution in [0.1, 0.15) is 11.3 Å². The fourth-order valence-electron chi connectivity index (χ4n) is 2.39. The minimum Gasteiger partial charge on any atom is -0.395 e. The van der Waals surface area contributed by atoms with E-state index >= 15 is 0 Å². The number of nitro groups is 1. The van der Waals surface area contributed by atoms with Gasteiger partial charge in [-0.2, -0.15) is 5.10 Å². The highest BCUT2D eigenvalue weighted by Gasteiger charge is 2.28. The fourth-order valence-corrected chi connectivity index (χ4v) is 2.39. The monoisotopic (exact) mass is 290 g/mol. The SMILES string of the molecule is Cc1nn(C)c(N(CCO)Cc2ccccc2)c1[N+](=O)[O-]. The third-order valence-electron chi connectivity index (χ3n) is 3.23. The summed E-state index contributed by atoms with van der Waals surface area (Å²) in [7, 11) is 1.67. The van der Waals surface area contributed by atoms with E-state index in [0.29, 0.717) is 24.6 Å².